The van der Waals surface area contributed by atoms with Gasteiger partial charge in [0, 0.05) is 29.9 Å². The maximum Gasteiger partial charge on any atom is 0.303 e. The first-order valence-electron chi connectivity index (χ1n) is 19.6. The molecule has 2 radical (unpaired) electrons. The number of rotatable bonds is 14. The molecule has 3 N–H and O–H groups in total. The van der Waals surface area contributed by atoms with Gasteiger partial charge in [-0.25, -0.2) is 0 Å². The number of ether oxygens (including phenoxy) is 1. The van der Waals surface area contributed by atoms with Crippen molar-refractivity contribution in [2.45, 2.75) is 140 Å². The van der Waals surface area contributed by atoms with Crippen molar-refractivity contribution in [3.8, 4) is 0 Å². The van der Waals surface area contributed by atoms with E-state index in [1.54, 1.807) is 13.8 Å². The first-order chi connectivity index (χ1) is 25.8. The summed E-state index contributed by atoms with van der Waals surface area (Å²) in [6, 6.07) is 23.9. The summed E-state index contributed by atoms with van der Waals surface area (Å²) in [7, 11) is 5.58. The number of hydrogen-bond donors (Lipinski definition) is 3. The van der Waals surface area contributed by atoms with E-state index in [2.05, 4.69) is 128 Å². The Balaban J connectivity index is -0.000000655. The molecule has 3 aromatic rings. The molecule has 0 aliphatic rings. The van der Waals surface area contributed by atoms with Crippen LogP contribution in [0.2, 0.25) is 0 Å². The molecule has 0 fully saturated rings. The normalized spacial score (nSPS) is 10.4. The van der Waals surface area contributed by atoms with Crippen molar-refractivity contribution in [3.63, 3.8) is 0 Å². The zero-order valence-electron chi connectivity index (χ0n) is 36.4. The van der Waals surface area contributed by atoms with E-state index < -0.39 is 23.4 Å². The fraction of sp³-hybridized carbons (Fsp3) is 0.522. The summed E-state index contributed by atoms with van der Waals surface area (Å²) in [4.78, 5) is 44.3. The quantitative estimate of drug-likeness (QED) is 0.0651. The molecular weight excluding hydrogens is 687 g/mol. The zero-order valence-corrected chi connectivity index (χ0v) is 36.4. The number of benzene rings is 3. The Morgan fingerprint density at radius 2 is 1.05 bits per heavy atom. The number of hydrogen-bond acceptors (Lipinski definition) is 5. The van der Waals surface area contributed by atoms with Crippen molar-refractivity contribution in [1.29, 1.82) is 0 Å². The molecule has 0 aliphatic carbocycles. The molecule has 0 spiro atoms. The Hall–Kier alpha value is -4.24. The number of Topliss-reactive ketones (excluding diaryl/α,β-unsaturated/α-hetero) is 1. The molecule has 306 valence electrons. The van der Waals surface area contributed by atoms with Crippen molar-refractivity contribution < 1.29 is 29.0 Å². The molecule has 0 bridgehead atoms. The third-order valence-corrected chi connectivity index (χ3v) is 7.24. The fourth-order valence-corrected chi connectivity index (χ4v) is 4.14. The van der Waals surface area contributed by atoms with Crippen LogP contribution >= 0.6 is 0 Å². The maximum absolute atomic E-state index is 11.9. The van der Waals surface area contributed by atoms with Crippen molar-refractivity contribution in [3.05, 3.63) is 106 Å². The van der Waals surface area contributed by atoms with Gasteiger partial charge in [-0.3, -0.25) is 19.2 Å². The summed E-state index contributed by atoms with van der Waals surface area (Å²) in [5.74, 6) is -1.00. The number of aliphatic carboxylic acids is 1. The van der Waals surface area contributed by atoms with Crippen LogP contribution in [0, 0.1) is 40.5 Å². The van der Waals surface area contributed by atoms with E-state index in [0.29, 0.717) is 6.41 Å². The minimum Gasteiger partial charge on any atom is -0.481 e. The molecule has 3 aromatic carbocycles. The predicted molar refractivity (Wildman–Crippen MR) is 232 cm³/mol. The fourth-order valence-electron chi connectivity index (χ4n) is 4.14. The molecule has 0 aromatic heterocycles. The summed E-state index contributed by atoms with van der Waals surface area (Å²) < 4.78 is 5.20. The molecule has 0 saturated heterocycles. The summed E-state index contributed by atoms with van der Waals surface area (Å²) in [6.07, 6.45) is 4.56. The molecule has 8 nitrogen and oxygen atoms in total. The molecule has 0 unspecified atom stereocenters. The SMILES string of the molecule is CCC.CCC.CCC(CC)C(=O)c1ccc(C)cc1.Cc1ccc(C)cc1.Cc1ccc(C)cc1.[B]C(C)(C)OCCNC(=O)[C@H](CCC(=O)O)NC=O. The van der Waals surface area contributed by atoms with E-state index in [1.165, 1.54) is 40.7 Å². The number of carbonyl (C=O) groups excluding carboxylic acids is 3. The van der Waals surface area contributed by atoms with Gasteiger partial charge in [0.25, 0.3) is 0 Å². The van der Waals surface area contributed by atoms with Crippen LogP contribution in [-0.4, -0.2) is 61.7 Å². The molecule has 1 atom stereocenters. The Labute approximate surface area is 336 Å². The van der Waals surface area contributed by atoms with Gasteiger partial charge >= 0.3 is 5.97 Å². The maximum atomic E-state index is 11.9. The number of nitrogens with one attached hydrogen (secondary N) is 2. The lowest BCUT2D eigenvalue weighted by molar-refractivity contribution is -0.137. The highest BCUT2D eigenvalue weighted by Gasteiger charge is 2.19. The Kier molecular flexibility index (Phi) is 34.3. The monoisotopic (exact) mass is 761 g/mol. The van der Waals surface area contributed by atoms with E-state index in [0.717, 1.165) is 18.4 Å². The Bertz CT molecular complexity index is 1310. The number of carboxylic acids is 1. The summed E-state index contributed by atoms with van der Waals surface area (Å²) >= 11 is 0. The minimum absolute atomic E-state index is 0.0309. The van der Waals surface area contributed by atoms with Crippen molar-refractivity contribution in [2.24, 2.45) is 5.92 Å². The molecule has 55 heavy (non-hydrogen) atoms. The number of amides is 2. The summed E-state index contributed by atoms with van der Waals surface area (Å²) in [5.41, 5.74) is 6.59. The van der Waals surface area contributed by atoms with Crippen LogP contribution in [0.25, 0.3) is 0 Å². The van der Waals surface area contributed by atoms with Gasteiger partial charge in [-0.1, -0.05) is 155 Å². The third-order valence-electron chi connectivity index (χ3n) is 7.24. The topological polar surface area (TPSA) is 122 Å². The second-order valence-electron chi connectivity index (χ2n) is 14.0. The van der Waals surface area contributed by atoms with Gasteiger partial charge in [-0.05, 0) is 67.7 Å². The van der Waals surface area contributed by atoms with Crippen LogP contribution in [0.15, 0.2) is 72.8 Å². The molecule has 3 rings (SSSR count). The van der Waals surface area contributed by atoms with E-state index in [1.807, 2.05) is 31.2 Å². The van der Waals surface area contributed by atoms with Crippen molar-refractivity contribution >= 4 is 31.9 Å². The molecular formula is C46H73BN2O6. The first-order valence-corrected chi connectivity index (χ1v) is 19.6. The van der Waals surface area contributed by atoms with Crippen LogP contribution in [0.3, 0.4) is 0 Å². The lowest BCUT2D eigenvalue weighted by Gasteiger charge is -2.21. The van der Waals surface area contributed by atoms with Gasteiger partial charge in [-0.15, -0.1) is 0 Å². The molecule has 0 heterocycles. The van der Waals surface area contributed by atoms with Crippen LogP contribution in [0.1, 0.15) is 132 Å². The largest absolute Gasteiger partial charge is 0.481 e. The highest BCUT2D eigenvalue weighted by atomic mass is 16.5. The highest BCUT2D eigenvalue weighted by molar-refractivity contribution is 6.13. The highest BCUT2D eigenvalue weighted by Crippen LogP contribution is 2.16. The van der Waals surface area contributed by atoms with Crippen LogP contribution < -0.4 is 10.6 Å². The molecule has 0 saturated carbocycles. The van der Waals surface area contributed by atoms with Gasteiger partial charge in [-0.2, -0.15) is 0 Å². The third kappa shape index (κ3) is 34.0. The summed E-state index contributed by atoms with van der Waals surface area (Å²) in [6.45, 7) is 26.9. The smallest absolute Gasteiger partial charge is 0.303 e. The Morgan fingerprint density at radius 1 is 0.709 bits per heavy atom. The standard InChI is InChI=1S/C13H18O.C11H19BN2O5.2C8H10.2C3H8/c1-4-11(5-2)13(14)12-8-6-10(3)7-9-12;1-11(2,12)19-6-5-13-10(18)8(14-7-15)3-4-9(16)17;2*1-7-3-5-8(2)6-4-7;2*1-3-2/h6-9,11H,4-5H2,1-3H3;7-8H,3-6H2,1-2H3,(H,13,18)(H,14,15)(H,16,17);2*3-6H,1-2H3;2*3H2,1-2H3/t;8-;;;;/m.0..../s1. The van der Waals surface area contributed by atoms with Crippen LogP contribution in [0.4, 0.5) is 0 Å². The van der Waals surface area contributed by atoms with Gasteiger partial charge in [0.2, 0.25) is 12.3 Å². The minimum atomic E-state index is -1.03. The van der Waals surface area contributed by atoms with Crippen molar-refractivity contribution in [1.82, 2.24) is 10.6 Å². The second kappa shape index (κ2) is 34.3. The molecule has 0 aliphatic heterocycles. The lowest BCUT2D eigenvalue weighted by Crippen LogP contribution is -2.45. The predicted octanol–water partition coefficient (Wildman–Crippen LogP) is 10.1. The Morgan fingerprint density at radius 3 is 1.35 bits per heavy atom. The number of carbonyl (C=O) groups is 4. The first kappa shape index (κ1) is 55.1. The van der Waals surface area contributed by atoms with E-state index in [-0.39, 0.29) is 37.7 Å². The molecule has 9 heteroatoms. The average molecular weight is 761 g/mol. The molecule has 2 amide bonds. The van der Waals surface area contributed by atoms with Gasteiger partial charge in [0.15, 0.2) is 5.78 Å². The number of aryl methyl sites for hydroxylation is 5. The van der Waals surface area contributed by atoms with Crippen LogP contribution in [-0.2, 0) is 19.1 Å². The number of carboxylic acid groups (broad SMARTS) is 1. The van der Waals surface area contributed by atoms with E-state index in [4.69, 9.17) is 17.7 Å². The van der Waals surface area contributed by atoms with E-state index >= 15 is 0 Å². The average Bonchev–Trinajstić information content (AvgIpc) is 3.13. The lowest BCUT2D eigenvalue weighted by atomic mass is 9.86. The number of ketones is 1. The van der Waals surface area contributed by atoms with Crippen LogP contribution in [0.5, 0.6) is 0 Å². The summed E-state index contributed by atoms with van der Waals surface area (Å²) in [5, 5.41) is 13.3. The van der Waals surface area contributed by atoms with Gasteiger partial charge in [0.1, 0.15) is 13.9 Å². The van der Waals surface area contributed by atoms with E-state index in [9.17, 15) is 19.2 Å². The van der Waals surface area contributed by atoms with Crippen molar-refractivity contribution in [2.75, 3.05) is 13.2 Å². The zero-order chi connectivity index (χ0) is 42.8. The van der Waals surface area contributed by atoms with Gasteiger partial charge < -0.3 is 20.5 Å². The second-order valence-corrected chi connectivity index (χ2v) is 14.0. The van der Waals surface area contributed by atoms with Gasteiger partial charge in [0.05, 0.1) is 6.61 Å².